The van der Waals surface area contributed by atoms with Gasteiger partial charge in [-0.25, -0.2) is 14.5 Å². The first-order chi connectivity index (χ1) is 16.9. The molecule has 3 aromatic carbocycles. The average molecular weight is 472 g/mol. The minimum Gasteiger partial charge on any atom is -0.497 e. The maximum Gasteiger partial charge on any atom is 0.343 e. The Morgan fingerprint density at radius 3 is 2.34 bits per heavy atom. The fourth-order valence-electron chi connectivity index (χ4n) is 3.40. The Morgan fingerprint density at radius 1 is 0.857 bits per heavy atom. The van der Waals surface area contributed by atoms with Crippen molar-refractivity contribution in [1.82, 2.24) is 5.32 Å². The van der Waals surface area contributed by atoms with E-state index in [1.807, 2.05) is 0 Å². The van der Waals surface area contributed by atoms with Crippen LogP contribution in [0.4, 0.5) is 10.5 Å². The second-order valence-corrected chi connectivity index (χ2v) is 7.33. The van der Waals surface area contributed by atoms with Crippen LogP contribution in [0.2, 0.25) is 0 Å². The van der Waals surface area contributed by atoms with Crippen LogP contribution in [-0.4, -0.2) is 38.0 Å². The van der Waals surface area contributed by atoms with Crippen molar-refractivity contribution in [3.05, 3.63) is 89.5 Å². The number of urea groups is 1. The average Bonchev–Trinajstić information content (AvgIpc) is 2.87. The molecule has 3 aromatic rings. The lowest BCUT2D eigenvalue weighted by molar-refractivity contribution is -0.122. The highest BCUT2D eigenvalue weighted by Gasteiger charge is 2.37. The zero-order valence-electron chi connectivity index (χ0n) is 18.8. The quantitative estimate of drug-likeness (QED) is 0.253. The fraction of sp³-hybridized carbons (Fsp3) is 0.0769. The van der Waals surface area contributed by atoms with Gasteiger partial charge in [0.1, 0.15) is 11.3 Å². The third-order valence-corrected chi connectivity index (χ3v) is 5.12. The van der Waals surface area contributed by atoms with E-state index in [4.69, 9.17) is 14.2 Å². The van der Waals surface area contributed by atoms with Gasteiger partial charge in [-0.15, -0.1) is 0 Å². The van der Waals surface area contributed by atoms with Gasteiger partial charge < -0.3 is 14.2 Å². The van der Waals surface area contributed by atoms with Gasteiger partial charge in [0.25, 0.3) is 11.8 Å². The number of carbonyl (C=O) groups excluding carboxylic acids is 4. The van der Waals surface area contributed by atoms with E-state index in [2.05, 4.69) is 5.32 Å². The summed E-state index contributed by atoms with van der Waals surface area (Å²) in [6.45, 7) is 0. The van der Waals surface area contributed by atoms with E-state index in [1.165, 1.54) is 38.5 Å². The summed E-state index contributed by atoms with van der Waals surface area (Å²) >= 11 is 0. The molecule has 0 bridgehead atoms. The van der Waals surface area contributed by atoms with Gasteiger partial charge in [-0.3, -0.25) is 14.9 Å². The maximum atomic E-state index is 13.1. The number of carbonyl (C=O) groups is 4. The van der Waals surface area contributed by atoms with E-state index >= 15 is 0 Å². The smallest absolute Gasteiger partial charge is 0.343 e. The van der Waals surface area contributed by atoms with Crippen LogP contribution >= 0.6 is 0 Å². The summed E-state index contributed by atoms with van der Waals surface area (Å²) in [5, 5.41) is 2.17. The monoisotopic (exact) mass is 472 g/mol. The Labute approximate surface area is 200 Å². The predicted octanol–water partition coefficient (Wildman–Crippen LogP) is 3.59. The van der Waals surface area contributed by atoms with Crippen molar-refractivity contribution in [2.24, 2.45) is 0 Å². The van der Waals surface area contributed by atoms with Gasteiger partial charge in [0.15, 0.2) is 11.5 Å². The van der Waals surface area contributed by atoms with Gasteiger partial charge in [0, 0.05) is 6.07 Å². The number of benzene rings is 3. The lowest BCUT2D eigenvalue weighted by Crippen LogP contribution is -2.54. The summed E-state index contributed by atoms with van der Waals surface area (Å²) in [5.41, 5.74) is 0.766. The van der Waals surface area contributed by atoms with Crippen molar-refractivity contribution in [3.63, 3.8) is 0 Å². The van der Waals surface area contributed by atoms with Gasteiger partial charge in [0.2, 0.25) is 0 Å². The Hall–Kier alpha value is -4.92. The number of hydrogen-bond donors (Lipinski definition) is 1. The van der Waals surface area contributed by atoms with Crippen molar-refractivity contribution in [2.45, 2.75) is 0 Å². The van der Waals surface area contributed by atoms with Crippen LogP contribution in [0.3, 0.4) is 0 Å². The molecule has 1 saturated heterocycles. The number of amides is 4. The van der Waals surface area contributed by atoms with Gasteiger partial charge in [-0.05, 0) is 48.0 Å². The number of barbiturate groups is 1. The molecule has 9 nitrogen and oxygen atoms in total. The summed E-state index contributed by atoms with van der Waals surface area (Å²) in [7, 11) is 2.86. The number of imide groups is 2. The number of rotatable bonds is 6. The Bertz CT molecular complexity index is 1350. The molecule has 4 amide bonds. The molecule has 4 rings (SSSR count). The Kier molecular flexibility index (Phi) is 6.59. The largest absolute Gasteiger partial charge is 0.497 e. The number of hydrogen-bond acceptors (Lipinski definition) is 7. The molecule has 1 N–H and O–H groups in total. The Balaban J connectivity index is 1.63. The number of methoxy groups -OCH3 is 2. The first kappa shape index (κ1) is 23.2. The number of anilines is 1. The highest BCUT2D eigenvalue weighted by Crippen LogP contribution is 2.31. The molecule has 9 heteroatoms. The van der Waals surface area contributed by atoms with E-state index in [1.54, 1.807) is 54.6 Å². The molecule has 0 aliphatic carbocycles. The van der Waals surface area contributed by atoms with E-state index in [9.17, 15) is 19.2 Å². The molecule has 1 heterocycles. The van der Waals surface area contributed by atoms with E-state index in [0.29, 0.717) is 16.9 Å². The SMILES string of the molecule is COc1cccc(N2C(=O)NC(=O)/C(=C\c3ccc(OC(=O)c4ccccc4)c(OC)c3)C2=O)c1. The molecule has 0 saturated carbocycles. The lowest BCUT2D eigenvalue weighted by Gasteiger charge is -2.26. The molecule has 176 valence electrons. The van der Waals surface area contributed by atoms with Gasteiger partial charge >= 0.3 is 12.0 Å². The second-order valence-electron chi connectivity index (χ2n) is 7.33. The summed E-state index contributed by atoms with van der Waals surface area (Å²) in [4.78, 5) is 51.2. The first-order valence-corrected chi connectivity index (χ1v) is 10.4. The molecule has 0 unspecified atom stereocenters. The van der Waals surface area contributed by atoms with Crippen molar-refractivity contribution in [2.75, 3.05) is 19.1 Å². The van der Waals surface area contributed by atoms with Gasteiger partial charge in [-0.2, -0.15) is 0 Å². The number of nitrogens with zero attached hydrogens (tertiary/aromatic N) is 1. The molecule has 1 aliphatic rings. The molecular weight excluding hydrogens is 452 g/mol. The summed E-state index contributed by atoms with van der Waals surface area (Å²) in [6, 6.07) is 18.5. The summed E-state index contributed by atoms with van der Waals surface area (Å²) in [5.74, 6) is -1.38. The number of ether oxygens (including phenoxy) is 3. The molecular formula is C26H20N2O7. The normalized spacial score (nSPS) is 14.5. The zero-order valence-corrected chi connectivity index (χ0v) is 18.8. The Morgan fingerprint density at radius 2 is 1.63 bits per heavy atom. The molecule has 1 aliphatic heterocycles. The van der Waals surface area contributed by atoms with Crippen LogP contribution < -0.4 is 24.4 Å². The fourth-order valence-corrected chi connectivity index (χ4v) is 3.40. The van der Waals surface area contributed by atoms with Gasteiger partial charge in [-0.1, -0.05) is 30.3 Å². The summed E-state index contributed by atoms with van der Waals surface area (Å²) < 4.78 is 15.9. The van der Waals surface area contributed by atoms with Crippen LogP contribution in [0.15, 0.2) is 78.4 Å². The van der Waals surface area contributed by atoms with E-state index in [0.717, 1.165) is 4.90 Å². The van der Waals surface area contributed by atoms with Gasteiger partial charge in [0.05, 0.1) is 25.5 Å². The summed E-state index contributed by atoms with van der Waals surface area (Å²) in [6.07, 6.45) is 1.32. The maximum absolute atomic E-state index is 13.1. The van der Waals surface area contributed by atoms with Crippen LogP contribution in [0, 0.1) is 0 Å². The van der Waals surface area contributed by atoms with E-state index < -0.39 is 23.8 Å². The number of nitrogens with one attached hydrogen (secondary N) is 1. The van der Waals surface area contributed by atoms with Crippen molar-refractivity contribution in [3.8, 4) is 17.2 Å². The van der Waals surface area contributed by atoms with Crippen molar-refractivity contribution < 1.29 is 33.4 Å². The van der Waals surface area contributed by atoms with Crippen LogP contribution in [0.25, 0.3) is 6.08 Å². The van der Waals surface area contributed by atoms with Crippen LogP contribution in [-0.2, 0) is 9.59 Å². The topological polar surface area (TPSA) is 111 Å². The lowest BCUT2D eigenvalue weighted by atomic mass is 10.1. The minimum atomic E-state index is -0.869. The number of esters is 1. The van der Waals surface area contributed by atoms with Crippen molar-refractivity contribution in [1.29, 1.82) is 0 Å². The standard InChI is InChI=1S/C26H20N2O7/c1-33-19-10-6-9-18(15-19)28-24(30)20(23(29)27-26(28)32)13-16-11-12-21(22(14-16)34-2)35-25(31)17-7-4-3-5-8-17/h3-15H,1-2H3,(H,27,29,32)/b20-13+. The molecule has 1 fully saturated rings. The second kappa shape index (κ2) is 9.92. The van der Waals surface area contributed by atoms with Crippen LogP contribution in [0.1, 0.15) is 15.9 Å². The van der Waals surface area contributed by atoms with Crippen LogP contribution in [0.5, 0.6) is 17.2 Å². The predicted molar refractivity (Wildman–Crippen MR) is 126 cm³/mol. The molecule has 0 atom stereocenters. The van der Waals surface area contributed by atoms with Crippen molar-refractivity contribution >= 4 is 35.6 Å². The van der Waals surface area contributed by atoms with E-state index in [-0.39, 0.29) is 22.8 Å². The highest BCUT2D eigenvalue weighted by atomic mass is 16.6. The third kappa shape index (κ3) is 4.88. The first-order valence-electron chi connectivity index (χ1n) is 10.4. The highest BCUT2D eigenvalue weighted by molar-refractivity contribution is 6.39. The molecule has 0 radical (unpaired) electrons. The molecule has 0 aromatic heterocycles. The third-order valence-electron chi connectivity index (χ3n) is 5.12. The molecule has 0 spiro atoms. The molecule has 35 heavy (non-hydrogen) atoms. The zero-order chi connectivity index (χ0) is 24.9. The minimum absolute atomic E-state index is 0.163.